The second-order valence-electron chi connectivity index (χ2n) is 5.23. The summed E-state index contributed by atoms with van der Waals surface area (Å²) in [5.41, 5.74) is 7.25. The topological polar surface area (TPSA) is 68.5 Å². The number of carbonyl (C=O) groups is 1. The lowest BCUT2D eigenvalue weighted by Gasteiger charge is -2.11. The summed E-state index contributed by atoms with van der Waals surface area (Å²) in [6, 6.07) is 10.0. The maximum Gasteiger partial charge on any atom is 0.417 e. The van der Waals surface area contributed by atoms with Crippen LogP contribution in [0.3, 0.4) is 0 Å². The summed E-state index contributed by atoms with van der Waals surface area (Å²) >= 11 is 5.54. The zero-order valence-electron chi connectivity index (χ0n) is 13.5. The van der Waals surface area contributed by atoms with Crippen LogP contribution in [0.1, 0.15) is 11.1 Å². The Labute approximate surface area is 152 Å². The Kier molecular flexibility index (Phi) is 5.99. The minimum Gasteiger partial charge on any atom is -0.322 e. The highest BCUT2D eigenvalue weighted by molar-refractivity contribution is 6.31. The fourth-order valence-electron chi connectivity index (χ4n) is 2.06. The molecule has 5 nitrogen and oxygen atoms in total. The number of rotatable bonds is 5. The molecule has 0 aliphatic rings. The fourth-order valence-corrected chi connectivity index (χ4v) is 2.29. The van der Waals surface area contributed by atoms with E-state index in [2.05, 4.69) is 10.5 Å². The van der Waals surface area contributed by atoms with Gasteiger partial charge in [-0.2, -0.15) is 18.7 Å². The molecule has 26 heavy (non-hydrogen) atoms. The number of hydrogen-bond acceptors (Lipinski definition) is 3. The molecule has 0 aliphatic carbocycles. The van der Waals surface area contributed by atoms with Crippen LogP contribution in [-0.2, 0) is 11.0 Å². The number of hydrogen-bond donors (Lipinski definition) is 2. The van der Waals surface area contributed by atoms with Crippen LogP contribution in [0.2, 0.25) is 5.02 Å². The number of nitrogens with zero attached hydrogens (tertiary/aromatic N) is 2. The van der Waals surface area contributed by atoms with Crippen LogP contribution >= 0.6 is 11.6 Å². The zero-order valence-corrected chi connectivity index (χ0v) is 14.3. The van der Waals surface area contributed by atoms with Gasteiger partial charge in [0.15, 0.2) is 0 Å². The average Bonchev–Trinajstić information content (AvgIpc) is 2.60. The molecule has 0 saturated heterocycles. The number of nitrogens with one attached hydrogen (secondary N) is 2. The van der Waals surface area contributed by atoms with Crippen molar-refractivity contribution in [1.29, 1.82) is 5.53 Å². The van der Waals surface area contributed by atoms with Crippen molar-refractivity contribution >= 4 is 35.0 Å². The first-order valence-corrected chi connectivity index (χ1v) is 7.65. The molecule has 0 aliphatic heterocycles. The molecule has 0 fully saturated rings. The maximum absolute atomic E-state index is 12.8. The third kappa shape index (κ3) is 5.06. The molecule has 1 amide bonds. The SMILES string of the molecule is CN(N=N)c1cccc(/C=C/C(=O)Nc2ccc(Cl)c(C(F)(F)F)c2)c1. The second kappa shape index (κ2) is 8.01. The first-order chi connectivity index (χ1) is 12.2. The van der Waals surface area contributed by atoms with E-state index in [9.17, 15) is 18.0 Å². The van der Waals surface area contributed by atoms with Crippen molar-refractivity contribution in [2.45, 2.75) is 6.18 Å². The summed E-state index contributed by atoms with van der Waals surface area (Å²) in [4.78, 5) is 11.9. The molecule has 2 aromatic rings. The van der Waals surface area contributed by atoms with Crippen LogP contribution in [-0.4, -0.2) is 13.0 Å². The number of amides is 1. The number of alkyl halides is 3. The Morgan fingerprint density at radius 3 is 2.65 bits per heavy atom. The minimum absolute atomic E-state index is 0.0159. The molecule has 0 unspecified atom stereocenters. The number of benzene rings is 2. The monoisotopic (exact) mass is 382 g/mol. The molecule has 2 N–H and O–H groups in total. The molecule has 2 aromatic carbocycles. The largest absolute Gasteiger partial charge is 0.417 e. The molecular weight excluding hydrogens is 369 g/mol. The van der Waals surface area contributed by atoms with Gasteiger partial charge >= 0.3 is 6.18 Å². The molecular formula is C17H14ClF3N4O. The van der Waals surface area contributed by atoms with Gasteiger partial charge in [0, 0.05) is 18.8 Å². The third-order valence-corrected chi connectivity index (χ3v) is 3.69. The number of halogens is 4. The second-order valence-corrected chi connectivity index (χ2v) is 5.64. The molecule has 0 aromatic heterocycles. The summed E-state index contributed by atoms with van der Waals surface area (Å²) in [5.74, 6) is -0.593. The summed E-state index contributed by atoms with van der Waals surface area (Å²) in [5, 5.41) is 6.52. The zero-order chi connectivity index (χ0) is 19.3. The summed E-state index contributed by atoms with van der Waals surface area (Å²) in [7, 11) is 1.60. The molecule has 0 spiro atoms. The summed E-state index contributed by atoms with van der Waals surface area (Å²) in [6.07, 6.45) is -1.92. The number of carbonyl (C=O) groups excluding carboxylic acids is 1. The van der Waals surface area contributed by atoms with E-state index < -0.39 is 22.7 Å². The van der Waals surface area contributed by atoms with Gasteiger partial charge in [-0.3, -0.25) is 9.80 Å². The van der Waals surface area contributed by atoms with E-state index >= 15 is 0 Å². The van der Waals surface area contributed by atoms with Crippen LogP contribution in [0.15, 0.2) is 53.8 Å². The quantitative estimate of drug-likeness (QED) is 0.413. The number of anilines is 2. The first-order valence-electron chi connectivity index (χ1n) is 7.27. The Morgan fingerprint density at radius 2 is 2.00 bits per heavy atom. The van der Waals surface area contributed by atoms with Crippen molar-refractivity contribution in [3.05, 3.63) is 64.7 Å². The Balaban J connectivity index is 2.12. The molecule has 0 bridgehead atoms. The molecule has 2 rings (SSSR count). The van der Waals surface area contributed by atoms with Crippen LogP contribution in [0.5, 0.6) is 0 Å². The van der Waals surface area contributed by atoms with E-state index in [0.29, 0.717) is 11.3 Å². The van der Waals surface area contributed by atoms with E-state index in [1.54, 1.807) is 31.3 Å². The van der Waals surface area contributed by atoms with Gasteiger partial charge in [0.2, 0.25) is 5.91 Å². The predicted octanol–water partition coefficient (Wildman–Crippen LogP) is 5.39. The van der Waals surface area contributed by atoms with E-state index in [4.69, 9.17) is 17.1 Å². The lowest BCUT2D eigenvalue weighted by atomic mass is 10.1. The molecule has 136 valence electrons. The Hall–Kier alpha value is -2.87. The summed E-state index contributed by atoms with van der Waals surface area (Å²) in [6.45, 7) is 0. The van der Waals surface area contributed by atoms with Gasteiger partial charge in [0.05, 0.1) is 16.3 Å². The van der Waals surface area contributed by atoms with Gasteiger partial charge in [0.1, 0.15) is 0 Å². The third-order valence-electron chi connectivity index (χ3n) is 3.36. The smallest absolute Gasteiger partial charge is 0.322 e. The van der Waals surface area contributed by atoms with E-state index in [1.807, 2.05) is 0 Å². The Morgan fingerprint density at radius 1 is 1.27 bits per heavy atom. The molecule has 0 radical (unpaired) electrons. The first kappa shape index (κ1) is 19.5. The van der Waals surface area contributed by atoms with E-state index in [-0.39, 0.29) is 5.69 Å². The van der Waals surface area contributed by atoms with Crippen molar-refractivity contribution < 1.29 is 18.0 Å². The average molecular weight is 383 g/mol. The van der Waals surface area contributed by atoms with Crippen LogP contribution in [0.4, 0.5) is 24.5 Å². The van der Waals surface area contributed by atoms with Crippen LogP contribution < -0.4 is 10.3 Å². The van der Waals surface area contributed by atoms with Gasteiger partial charge in [0.25, 0.3) is 0 Å². The molecule has 9 heteroatoms. The minimum atomic E-state index is -4.61. The van der Waals surface area contributed by atoms with Crippen molar-refractivity contribution in [2.24, 2.45) is 5.22 Å². The lowest BCUT2D eigenvalue weighted by molar-refractivity contribution is -0.137. The van der Waals surface area contributed by atoms with Gasteiger partial charge < -0.3 is 5.32 Å². The Bertz CT molecular complexity index is 852. The van der Waals surface area contributed by atoms with Crippen molar-refractivity contribution in [1.82, 2.24) is 0 Å². The normalized spacial score (nSPS) is 11.4. The highest BCUT2D eigenvalue weighted by atomic mass is 35.5. The van der Waals surface area contributed by atoms with Crippen molar-refractivity contribution in [3.63, 3.8) is 0 Å². The van der Waals surface area contributed by atoms with Crippen molar-refractivity contribution in [3.8, 4) is 0 Å². The van der Waals surface area contributed by atoms with E-state index in [0.717, 1.165) is 12.1 Å². The van der Waals surface area contributed by atoms with Gasteiger partial charge in [-0.05, 0) is 42.0 Å². The summed E-state index contributed by atoms with van der Waals surface area (Å²) < 4.78 is 38.5. The van der Waals surface area contributed by atoms with Crippen molar-refractivity contribution in [2.75, 3.05) is 17.4 Å². The predicted molar refractivity (Wildman–Crippen MR) is 94.1 cm³/mol. The highest BCUT2D eigenvalue weighted by Crippen LogP contribution is 2.36. The lowest BCUT2D eigenvalue weighted by Crippen LogP contribution is -2.11. The van der Waals surface area contributed by atoms with Gasteiger partial charge in [-0.15, -0.1) is 0 Å². The maximum atomic E-state index is 12.8. The molecule has 0 saturated carbocycles. The highest BCUT2D eigenvalue weighted by Gasteiger charge is 2.33. The van der Waals surface area contributed by atoms with Gasteiger partial charge in [-0.25, -0.2) is 0 Å². The fraction of sp³-hybridized carbons (Fsp3) is 0.118. The van der Waals surface area contributed by atoms with Gasteiger partial charge in [-0.1, -0.05) is 29.0 Å². The molecule has 0 heterocycles. The molecule has 0 atom stereocenters. The van der Waals surface area contributed by atoms with E-state index in [1.165, 1.54) is 23.2 Å². The van der Waals surface area contributed by atoms with Crippen LogP contribution in [0, 0.1) is 5.53 Å². The standard InChI is InChI=1S/C17H14ClF3N4O/c1-25(24-22)13-4-2-3-11(9-13)5-8-16(26)23-12-6-7-15(18)14(10-12)17(19,20)21/h2-10,22H,1H3,(H,23,26)/b8-5+,24-22?. The van der Waals surface area contributed by atoms with Crippen LogP contribution in [0.25, 0.3) is 6.08 Å².